The van der Waals surface area contributed by atoms with Gasteiger partial charge in [0.1, 0.15) is 16.5 Å². The van der Waals surface area contributed by atoms with Gasteiger partial charge in [-0.1, -0.05) is 6.07 Å². The molecule has 0 saturated carbocycles. The summed E-state index contributed by atoms with van der Waals surface area (Å²) in [6.07, 6.45) is 0. The quantitative estimate of drug-likeness (QED) is 0.879. The van der Waals surface area contributed by atoms with Crippen molar-refractivity contribution in [1.82, 2.24) is 0 Å². The van der Waals surface area contributed by atoms with Crippen molar-refractivity contribution in [1.29, 1.82) is 0 Å². The molecule has 0 fully saturated rings. The average molecular weight is 269 g/mol. The van der Waals surface area contributed by atoms with Crippen molar-refractivity contribution in [3.63, 3.8) is 0 Å². The van der Waals surface area contributed by atoms with Crippen molar-refractivity contribution in [2.24, 2.45) is 0 Å². The zero-order chi connectivity index (χ0) is 13.4. The number of nitrogen functional groups attached to an aromatic ring is 1. The Bertz CT molecular complexity index is 637. The van der Waals surface area contributed by atoms with Crippen LogP contribution in [0.25, 0.3) is 10.4 Å². The van der Waals surface area contributed by atoms with Gasteiger partial charge in [0.05, 0.1) is 11.3 Å². The van der Waals surface area contributed by atoms with E-state index in [1.54, 1.807) is 0 Å². The molecule has 0 bridgehead atoms. The second-order valence-corrected chi connectivity index (χ2v) is 4.81. The summed E-state index contributed by atoms with van der Waals surface area (Å²) in [7, 11) is 0. The third-order valence-electron chi connectivity index (χ3n) is 2.49. The number of carbonyl (C=O) groups is 1. The van der Waals surface area contributed by atoms with Gasteiger partial charge in [0.15, 0.2) is 0 Å². The van der Waals surface area contributed by atoms with E-state index >= 15 is 0 Å². The van der Waals surface area contributed by atoms with E-state index in [0.29, 0.717) is 0 Å². The highest BCUT2D eigenvalue weighted by Crippen LogP contribution is 2.36. The minimum absolute atomic E-state index is 0.00260. The van der Waals surface area contributed by atoms with Crippen LogP contribution >= 0.6 is 11.3 Å². The summed E-state index contributed by atoms with van der Waals surface area (Å²) < 4.78 is 27.5. The Morgan fingerprint density at radius 2 is 2.06 bits per heavy atom. The van der Waals surface area contributed by atoms with E-state index in [1.165, 1.54) is 19.1 Å². The van der Waals surface area contributed by atoms with Crippen molar-refractivity contribution >= 4 is 23.0 Å². The molecule has 2 aromatic rings. The molecular formula is C12H9F2NO2S. The predicted octanol–water partition coefficient (Wildman–Crippen LogP) is 3.28. The molecule has 6 heteroatoms. The fourth-order valence-corrected chi connectivity index (χ4v) is 2.54. The van der Waals surface area contributed by atoms with Crippen LogP contribution in [-0.2, 0) is 0 Å². The number of carboxylic acids is 1. The van der Waals surface area contributed by atoms with E-state index in [2.05, 4.69) is 0 Å². The minimum atomic E-state index is -1.21. The van der Waals surface area contributed by atoms with Crippen LogP contribution in [0.1, 0.15) is 15.2 Å². The average Bonchev–Trinajstić information content (AvgIpc) is 2.66. The van der Waals surface area contributed by atoms with E-state index in [-0.39, 0.29) is 26.6 Å². The number of rotatable bonds is 2. The Morgan fingerprint density at radius 3 is 2.61 bits per heavy atom. The van der Waals surface area contributed by atoms with Crippen molar-refractivity contribution in [2.45, 2.75) is 6.92 Å². The van der Waals surface area contributed by atoms with Crippen LogP contribution in [0.2, 0.25) is 0 Å². The molecule has 1 heterocycles. The minimum Gasteiger partial charge on any atom is -0.477 e. The van der Waals surface area contributed by atoms with E-state index in [4.69, 9.17) is 10.8 Å². The van der Waals surface area contributed by atoms with Crippen LogP contribution < -0.4 is 5.73 Å². The molecule has 2 rings (SSSR count). The first kappa shape index (κ1) is 12.5. The lowest BCUT2D eigenvalue weighted by atomic mass is 10.1. The lowest BCUT2D eigenvalue weighted by Gasteiger charge is -2.04. The maximum Gasteiger partial charge on any atom is 0.348 e. The molecule has 3 nitrogen and oxygen atoms in total. The topological polar surface area (TPSA) is 63.3 Å². The molecular weight excluding hydrogens is 260 g/mol. The number of aromatic carboxylic acids is 1. The van der Waals surface area contributed by atoms with E-state index in [1.807, 2.05) is 0 Å². The van der Waals surface area contributed by atoms with Crippen LogP contribution in [0.3, 0.4) is 0 Å². The van der Waals surface area contributed by atoms with Gasteiger partial charge in [-0.25, -0.2) is 13.6 Å². The van der Waals surface area contributed by atoms with Crippen molar-refractivity contribution < 1.29 is 18.7 Å². The number of thiophene rings is 1. The molecule has 0 unspecified atom stereocenters. The van der Waals surface area contributed by atoms with Gasteiger partial charge in [-0.2, -0.15) is 0 Å². The summed E-state index contributed by atoms with van der Waals surface area (Å²) >= 11 is 0.753. The van der Waals surface area contributed by atoms with Crippen LogP contribution in [0, 0.1) is 18.6 Å². The maximum absolute atomic E-state index is 13.9. The lowest BCUT2D eigenvalue weighted by molar-refractivity contribution is 0.0703. The first-order valence-electron chi connectivity index (χ1n) is 4.99. The summed E-state index contributed by atoms with van der Waals surface area (Å²) in [6.45, 7) is 1.51. The Labute approximate surface area is 105 Å². The van der Waals surface area contributed by atoms with Crippen molar-refractivity contribution in [2.75, 3.05) is 5.73 Å². The number of anilines is 1. The summed E-state index contributed by atoms with van der Waals surface area (Å²) in [5, 5.41) is 8.86. The largest absolute Gasteiger partial charge is 0.477 e. The number of nitrogens with two attached hydrogens (primary N) is 1. The van der Waals surface area contributed by atoms with Gasteiger partial charge in [0.25, 0.3) is 0 Å². The SMILES string of the molecule is Cc1ccc(F)c(-c2cc(N)c(C(=O)O)s2)c1F. The lowest BCUT2D eigenvalue weighted by Crippen LogP contribution is -1.96. The molecule has 0 radical (unpaired) electrons. The van der Waals surface area contributed by atoms with E-state index in [9.17, 15) is 13.6 Å². The van der Waals surface area contributed by atoms with Crippen LogP contribution in [0.15, 0.2) is 18.2 Å². The monoisotopic (exact) mass is 269 g/mol. The van der Waals surface area contributed by atoms with Crippen molar-refractivity contribution in [3.05, 3.63) is 40.3 Å². The summed E-state index contributed by atoms with van der Waals surface area (Å²) in [5.74, 6) is -2.65. The third-order valence-corrected chi connectivity index (χ3v) is 3.64. The molecule has 3 N–H and O–H groups in total. The Morgan fingerprint density at radius 1 is 1.39 bits per heavy atom. The molecule has 94 valence electrons. The smallest absolute Gasteiger partial charge is 0.348 e. The van der Waals surface area contributed by atoms with Gasteiger partial charge in [-0.05, 0) is 24.6 Å². The first-order chi connectivity index (χ1) is 8.41. The highest BCUT2D eigenvalue weighted by molar-refractivity contribution is 7.17. The fourth-order valence-electron chi connectivity index (χ4n) is 1.58. The molecule has 0 aliphatic carbocycles. The Kier molecular flexibility index (Phi) is 3.04. The summed E-state index contributed by atoms with van der Waals surface area (Å²) in [6, 6.07) is 3.74. The molecule has 18 heavy (non-hydrogen) atoms. The summed E-state index contributed by atoms with van der Waals surface area (Å²) in [5.41, 5.74) is 5.56. The zero-order valence-corrected chi connectivity index (χ0v) is 10.1. The molecule has 0 spiro atoms. The molecule has 0 atom stereocenters. The normalized spacial score (nSPS) is 10.6. The molecule has 1 aromatic heterocycles. The second-order valence-electron chi connectivity index (χ2n) is 3.75. The molecule has 0 aliphatic heterocycles. The second kappa shape index (κ2) is 4.38. The highest BCUT2D eigenvalue weighted by atomic mass is 32.1. The van der Waals surface area contributed by atoms with Crippen LogP contribution in [-0.4, -0.2) is 11.1 Å². The van der Waals surface area contributed by atoms with Gasteiger partial charge in [0, 0.05) is 4.88 Å². The third kappa shape index (κ3) is 1.95. The van der Waals surface area contributed by atoms with Crippen molar-refractivity contribution in [3.8, 4) is 10.4 Å². The molecule has 0 saturated heterocycles. The van der Waals surface area contributed by atoms with Gasteiger partial charge < -0.3 is 10.8 Å². The van der Waals surface area contributed by atoms with Crippen LogP contribution in [0.5, 0.6) is 0 Å². The highest BCUT2D eigenvalue weighted by Gasteiger charge is 2.19. The Balaban J connectivity index is 2.66. The van der Waals surface area contributed by atoms with Gasteiger partial charge in [0.2, 0.25) is 0 Å². The van der Waals surface area contributed by atoms with Gasteiger partial charge in [-0.15, -0.1) is 11.3 Å². The molecule has 1 aromatic carbocycles. The van der Waals surface area contributed by atoms with Crippen LogP contribution in [0.4, 0.5) is 14.5 Å². The Hall–Kier alpha value is -1.95. The fraction of sp³-hybridized carbons (Fsp3) is 0.0833. The number of benzene rings is 1. The predicted molar refractivity (Wildman–Crippen MR) is 65.8 cm³/mol. The number of aryl methyl sites for hydroxylation is 1. The van der Waals surface area contributed by atoms with E-state index in [0.717, 1.165) is 17.4 Å². The summed E-state index contributed by atoms with van der Waals surface area (Å²) in [4.78, 5) is 10.9. The van der Waals surface area contributed by atoms with Gasteiger partial charge >= 0.3 is 5.97 Å². The zero-order valence-electron chi connectivity index (χ0n) is 9.33. The first-order valence-corrected chi connectivity index (χ1v) is 5.81. The molecule has 0 amide bonds. The number of hydrogen-bond donors (Lipinski definition) is 2. The van der Waals surface area contributed by atoms with Gasteiger partial charge in [-0.3, -0.25) is 0 Å². The number of hydrogen-bond acceptors (Lipinski definition) is 3. The standard InChI is InChI=1S/C12H9F2NO2S/c1-5-2-3-6(13)9(10(5)14)8-4-7(15)11(18-8)12(16)17/h2-4H,15H2,1H3,(H,16,17). The number of carboxylic acid groups (broad SMARTS) is 1. The van der Waals surface area contributed by atoms with E-state index < -0.39 is 17.6 Å². The maximum atomic E-state index is 13.9. The molecule has 0 aliphatic rings. The number of halogens is 2.